The Bertz CT molecular complexity index is 1060. The molecule has 1 N–H and O–H groups in total. The molecule has 0 unspecified atom stereocenters. The summed E-state index contributed by atoms with van der Waals surface area (Å²) in [7, 11) is 1.21. The number of benzene rings is 1. The Morgan fingerprint density at radius 1 is 1.18 bits per heavy atom. The van der Waals surface area contributed by atoms with Gasteiger partial charge in [-0.2, -0.15) is 13.2 Å². The number of nitrogens with zero attached hydrogens (tertiary/aromatic N) is 2. The summed E-state index contributed by atoms with van der Waals surface area (Å²) in [5.74, 6) is -1.33. The van der Waals surface area contributed by atoms with Crippen molar-refractivity contribution in [3.63, 3.8) is 0 Å². The molecule has 1 aromatic carbocycles. The van der Waals surface area contributed by atoms with E-state index >= 15 is 0 Å². The quantitative estimate of drug-likeness (QED) is 0.684. The lowest BCUT2D eigenvalue weighted by Gasteiger charge is -2.11. The number of esters is 1. The lowest BCUT2D eigenvalue weighted by atomic mass is 10.1. The number of pyridine rings is 1. The number of aromatic nitrogens is 2. The molecule has 6 nitrogen and oxygen atoms in total. The van der Waals surface area contributed by atoms with Gasteiger partial charge in [-0.15, -0.1) is 0 Å². The molecule has 0 aliphatic heterocycles. The molecule has 2 aromatic heterocycles. The average molecular weight is 391 g/mol. The minimum absolute atomic E-state index is 0.0248. The van der Waals surface area contributed by atoms with Crippen molar-refractivity contribution in [2.75, 3.05) is 12.4 Å². The third-order valence-electron chi connectivity index (χ3n) is 4.15. The zero-order valence-corrected chi connectivity index (χ0v) is 15.0. The molecule has 0 saturated heterocycles. The molecule has 0 aliphatic rings. The molecule has 146 valence electrons. The van der Waals surface area contributed by atoms with E-state index in [1.165, 1.54) is 25.3 Å². The molecule has 0 saturated carbocycles. The number of aryl methyl sites for hydroxylation is 1. The van der Waals surface area contributed by atoms with E-state index in [0.717, 1.165) is 16.7 Å². The number of para-hydroxylation sites is 1. The van der Waals surface area contributed by atoms with Gasteiger partial charge < -0.3 is 10.1 Å². The summed E-state index contributed by atoms with van der Waals surface area (Å²) in [4.78, 5) is 29.0. The largest absolute Gasteiger partial charge is 0.465 e. The van der Waals surface area contributed by atoms with Gasteiger partial charge in [0.15, 0.2) is 0 Å². The van der Waals surface area contributed by atoms with E-state index in [4.69, 9.17) is 0 Å². The molecule has 0 bridgehead atoms. The number of amides is 1. The van der Waals surface area contributed by atoms with Gasteiger partial charge in [0.05, 0.1) is 29.6 Å². The van der Waals surface area contributed by atoms with Crippen LogP contribution in [-0.2, 0) is 17.3 Å². The normalized spacial score (nSPS) is 11.5. The molecule has 0 radical (unpaired) electrons. The zero-order chi connectivity index (χ0) is 20.5. The number of rotatable bonds is 4. The zero-order valence-electron chi connectivity index (χ0n) is 15.0. The van der Waals surface area contributed by atoms with Crippen molar-refractivity contribution in [2.24, 2.45) is 0 Å². The SMILES string of the molecule is CCc1nc2ccc(C(F)(F)F)cn2c1C(=O)Nc1ccccc1C(=O)OC. The maximum Gasteiger partial charge on any atom is 0.417 e. The molecule has 0 fully saturated rings. The molecule has 2 heterocycles. The van der Waals surface area contributed by atoms with Crippen molar-refractivity contribution < 1.29 is 27.5 Å². The number of imidazole rings is 1. The average Bonchev–Trinajstić information content (AvgIpc) is 3.05. The van der Waals surface area contributed by atoms with E-state index in [0.29, 0.717) is 12.1 Å². The van der Waals surface area contributed by atoms with Crippen LogP contribution in [0.3, 0.4) is 0 Å². The highest BCUT2D eigenvalue weighted by Gasteiger charge is 2.32. The van der Waals surface area contributed by atoms with Crippen molar-refractivity contribution in [3.8, 4) is 0 Å². The predicted octanol–water partition coefficient (Wildman–Crippen LogP) is 3.95. The molecule has 3 aromatic rings. The van der Waals surface area contributed by atoms with Crippen LogP contribution in [0.4, 0.5) is 18.9 Å². The minimum atomic E-state index is -4.56. The molecule has 28 heavy (non-hydrogen) atoms. The third-order valence-corrected chi connectivity index (χ3v) is 4.15. The van der Waals surface area contributed by atoms with Crippen LogP contribution in [0.15, 0.2) is 42.6 Å². The van der Waals surface area contributed by atoms with Gasteiger partial charge in [0.2, 0.25) is 0 Å². The van der Waals surface area contributed by atoms with Crippen LogP contribution in [0, 0.1) is 0 Å². The standard InChI is InChI=1S/C19H16F3N3O3/c1-3-13-16(25-10-11(19(20,21)22)8-9-15(25)23-13)17(26)24-14-7-5-4-6-12(14)18(27)28-2/h4-10H,3H2,1-2H3,(H,24,26). The van der Waals surface area contributed by atoms with E-state index in [1.807, 2.05) is 0 Å². The van der Waals surface area contributed by atoms with Crippen molar-refractivity contribution >= 4 is 23.2 Å². The number of halogens is 3. The molecule has 9 heteroatoms. The first-order chi connectivity index (χ1) is 13.3. The molecule has 0 spiro atoms. The fourth-order valence-electron chi connectivity index (χ4n) is 2.81. The van der Waals surface area contributed by atoms with Gasteiger partial charge in [0.1, 0.15) is 11.3 Å². The lowest BCUT2D eigenvalue weighted by molar-refractivity contribution is -0.137. The highest BCUT2D eigenvalue weighted by Crippen LogP contribution is 2.30. The maximum absolute atomic E-state index is 13.1. The molecule has 0 aliphatic carbocycles. The maximum atomic E-state index is 13.1. The van der Waals surface area contributed by atoms with Gasteiger partial charge in [-0.05, 0) is 30.7 Å². The Morgan fingerprint density at radius 3 is 2.54 bits per heavy atom. The van der Waals surface area contributed by atoms with Crippen molar-refractivity contribution in [3.05, 3.63) is 65.1 Å². The highest BCUT2D eigenvalue weighted by atomic mass is 19.4. The van der Waals surface area contributed by atoms with Gasteiger partial charge in [-0.3, -0.25) is 9.20 Å². The van der Waals surface area contributed by atoms with Crippen molar-refractivity contribution in [1.82, 2.24) is 9.38 Å². The topological polar surface area (TPSA) is 72.7 Å². The predicted molar refractivity (Wildman–Crippen MR) is 95.3 cm³/mol. The van der Waals surface area contributed by atoms with Crippen LogP contribution >= 0.6 is 0 Å². The number of hydrogen-bond acceptors (Lipinski definition) is 4. The Morgan fingerprint density at radius 2 is 1.89 bits per heavy atom. The Labute approximate surface area is 157 Å². The number of hydrogen-bond donors (Lipinski definition) is 1. The third kappa shape index (κ3) is 3.55. The van der Waals surface area contributed by atoms with E-state index in [1.54, 1.807) is 19.1 Å². The van der Waals surface area contributed by atoms with Gasteiger partial charge in [0.25, 0.3) is 5.91 Å². The van der Waals surface area contributed by atoms with E-state index in [9.17, 15) is 22.8 Å². The van der Waals surface area contributed by atoms with Crippen LogP contribution in [-0.4, -0.2) is 28.4 Å². The van der Waals surface area contributed by atoms with Crippen LogP contribution in [0.5, 0.6) is 0 Å². The summed E-state index contributed by atoms with van der Waals surface area (Å²) >= 11 is 0. The van der Waals surface area contributed by atoms with Crippen molar-refractivity contribution in [2.45, 2.75) is 19.5 Å². The molecular formula is C19H16F3N3O3. The molecular weight excluding hydrogens is 375 g/mol. The van der Waals surface area contributed by atoms with Crippen LogP contribution in [0.1, 0.15) is 39.0 Å². The lowest BCUT2D eigenvalue weighted by Crippen LogP contribution is -2.19. The fourth-order valence-corrected chi connectivity index (χ4v) is 2.81. The molecule has 3 rings (SSSR count). The minimum Gasteiger partial charge on any atom is -0.465 e. The van der Waals surface area contributed by atoms with Gasteiger partial charge in [0, 0.05) is 6.20 Å². The Kier molecular flexibility index (Phi) is 5.08. The van der Waals surface area contributed by atoms with Crippen LogP contribution < -0.4 is 5.32 Å². The highest BCUT2D eigenvalue weighted by molar-refractivity contribution is 6.08. The number of methoxy groups -OCH3 is 1. The number of nitrogens with one attached hydrogen (secondary N) is 1. The summed E-state index contributed by atoms with van der Waals surface area (Å²) in [6, 6.07) is 8.30. The van der Waals surface area contributed by atoms with Crippen LogP contribution in [0.2, 0.25) is 0 Å². The van der Waals surface area contributed by atoms with Gasteiger partial charge >= 0.3 is 12.1 Å². The second-order valence-electron chi connectivity index (χ2n) is 5.90. The number of carbonyl (C=O) groups excluding carboxylic acids is 2. The number of alkyl halides is 3. The number of fused-ring (bicyclic) bond motifs is 1. The van der Waals surface area contributed by atoms with Crippen molar-refractivity contribution in [1.29, 1.82) is 0 Å². The second kappa shape index (κ2) is 7.34. The smallest absolute Gasteiger partial charge is 0.417 e. The van der Waals surface area contributed by atoms with E-state index < -0.39 is 23.6 Å². The summed E-state index contributed by atoms with van der Waals surface area (Å²) in [5, 5.41) is 2.57. The number of ether oxygens (including phenoxy) is 1. The second-order valence-corrected chi connectivity index (χ2v) is 5.90. The van der Waals surface area contributed by atoms with E-state index in [-0.39, 0.29) is 22.6 Å². The summed E-state index contributed by atoms with van der Waals surface area (Å²) in [5.41, 5.74) is -0.0551. The first kappa shape index (κ1) is 19.4. The first-order valence-electron chi connectivity index (χ1n) is 8.33. The Hall–Kier alpha value is -3.36. The Balaban J connectivity index is 2.08. The first-order valence-corrected chi connectivity index (χ1v) is 8.33. The van der Waals surface area contributed by atoms with Gasteiger partial charge in [-0.1, -0.05) is 19.1 Å². The summed E-state index contributed by atoms with van der Waals surface area (Å²) < 4.78 is 45.0. The number of carbonyl (C=O) groups is 2. The molecule has 1 amide bonds. The summed E-state index contributed by atoms with van der Waals surface area (Å²) in [6.45, 7) is 1.74. The van der Waals surface area contributed by atoms with Crippen LogP contribution in [0.25, 0.3) is 5.65 Å². The summed E-state index contributed by atoms with van der Waals surface area (Å²) in [6.07, 6.45) is -3.39. The number of anilines is 1. The molecule has 0 atom stereocenters. The fraction of sp³-hybridized carbons (Fsp3) is 0.211. The monoisotopic (exact) mass is 391 g/mol. The van der Waals surface area contributed by atoms with Gasteiger partial charge in [-0.25, -0.2) is 9.78 Å². The van der Waals surface area contributed by atoms with E-state index in [2.05, 4.69) is 15.0 Å².